The SMILES string of the molecule is O=c1c2ccccc2nc(NCc2ccccc2)n1/N=C/c1ccccc1. The van der Waals surface area contributed by atoms with Crippen molar-refractivity contribution in [2.45, 2.75) is 6.54 Å². The molecule has 4 rings (SSSR count). The molecular weight excluding hydrogens is 336 g/mol. The van der Waals surface area contributed by atoms with Crippen LogP contribution in [0.5, 0.6) is 0 Å². The molecule has 0 amide bonds. The summed E-state index contributed by atoms with van der Waals surface area (Å²) in [6.07, 6.45) is 1.66. The van der Waals surface area contributed by atoms with E-state index < -0.39 is 0 Å². The van der Waals surface area contributed by atoms with Crippen LogP contribution in [0.2, 0.25) is 0 Å². The predicted molar refractivity (Wildman–Crippen MR) is 109 cm³/mol. The van der Waals surface area contributed by atoms with Gasteiger partial charge in [0.1, 0.15) is 0 Å². The van der Waals surface area contributed by atoms with E-state index in [1.54, 1.807) is 12.3 Å². The van der Waals surface area contributed by atoms with Crippen molar-refractivity contribution < 1.29 is 0 Å². The minimum atomic E-state index is -0.205. The Balaban J connectivity index is 1.75. The molecule has 0 saturated heterocycles. The predicted octanol–water partition coefficient (Wildman–Crippen LogP) is 3.89. The molecule has 0 atom stereocenters. The van der Waals surface area contributed by atoms with Gasteiger partial charge in [0, 0.05) is 6.54 Å². The van der Waals surface area contributed by atoms with Gasteiger partial charge in [-0.05, 0) is 23.3 Å². The van der Waals surface area contributed by atoms with Gasteiger partial charge >= 0.3 is 0 Å². The summed E-state index contributed by atoms with van der Waals surface area (Å²) in [6.45, 7) is 0.548. The molecule has 0 aliphatic rings. The average molecular weight is 354 g/mol. The molecule has 0 saturated carbocycles. The van der Waals surface area contributed by atoms with E-state index in [4.69, 9.17) is 0 Å². The molecule has 5 heteroatoms. The number of rotatable bonds is 5. The first kappa shape index (κ1) is 16.7. The molecule has 1 N–H and O–H groups in total. The molecule has 132 valence electrons. The van der Waals surface area contributed by atoms with Crippen LogP contribution in [0, 0.1) is 0 Å². The third-order valence-electron chi connectivity index (χ3n) is 4.17. The van der Waals surface area contributed by atoms with E-state index in [0.717, 1.165) is 11.1 Å². The molecule has 0 unspecified atom stereocenters. The smallest absolute Gasteiger partial charge is 0.283 e. The monoisotopic (exact) mass is 354 g/mol. The number of benzene rings is 3. The zero-order valence-corrected chi connectivity index (χ0v) is 14.6. The lowest BCUT2D eigenvalue weighted by Crippen LogP contribution is -2.22. The van der Waals surface area contributed by atoms with Crippen molar-refractivity contribution in [1.29, 1.82) is 0 Å². The zero-order valence-electron chi connectivity index (χ0n) is 14.6. The second kappa shape index (κ2) is 7.66. The maximum atomic E-state index is 13.0. The van der Waals surface area contributed by atoms with E-state index in [9.17, 15) is 4.79 Å². The third-order valence-corrected chi connectivity index (χ3v) is 4.17. The molecule has 0 fully saturated rings. The number of nitrogens with one attached hydrogen (secondary N) is 1. The molecule has 3 aromatic carbocycles. The fraction of sp³-hybridized carbons (Fsp3) is 0.0455. The molecular formula is C22H18N4O. The lowest BCUT2D eigenvalue weighted by atomic mass is 10.2. The minimum Gasteiger partial charge on any atom is -0.350 e. The molecule has 27 heavy (non-hydrogen) atoms. The van der Waals surface area contributed by atoms with E-state index >= 15 is 0 Å². The summed E-state index contributed by atoms with van der Waals surface area (Å²) in [5.74, 6) is 0.412. The van der Waals surface area contributed by atoms with Crippen molar-refractivity contribution in [1.82, 2.24) is 9.66 Å². The van der Waals surface area contributed by atoms with Gasteiger partial charge in [0.2, 0.25) is 5.95 Å². The van der Waals surface area contributed by atoms with Crippen molar-refractivity contribution in [3.63, 3.8) is 0 Å². The van der Waals surface area contributed by atoms with E-state index in [-0.39, 0.29) is 5.56 Å². The van der Waals surface area contributed by atoms with Gasteiger partial charge in [-0.15, -0.1) is 0 Å². The second-order valence-corrected chi connectivity index (χ2v) is 6.06. The number of nitrogens with zero attached hydrogens (tertiary/aromatic N) is 3. The summed E-state index contributed by atoms with van der Waals surface area (Å²) < 4.78 is 1.32. The number of hydrogen-bond acceptors (Lipinski definition) is 4. The van der Waals surface area contributed by atoms with E-state index in [1.165, 1.54) is 4.68 Å². The molecule has 1 aromatic heterocycles. The third kappa shape index (κ3) is 3.77. The Kier molecular flexibility index (Phi) is 4.74. The molecule has 4 aromatic rings. The van der Waals surface area contributed by atoms with Gasteiger partial charge in [0.05, 0.1) is 17.1 Å². The van der Waals surface area contributed by atoms with Crippen LogP contribution in [-0.2, 0) is 6.54 Å². The summed E-state index contributed by atoms with van der Waals surface area (Å²) in [5, 5.41) is 8.16. The van der Waals surface area contributed by atoms with Crippen molar-refractivity contribution >= 4 is 23.1 Å². The Morgan fingerprint density at radius 1 is 0.889 bits per heavy atom. The minimum absolute atomic E-state index is 0.205. The summed E-state index contributed by atoms with van der Waals surface area (Å²) in [5.41, 5.74) is 2.44. The van der Waals surface area contributed by atoms with Crippen LogP contribution in [0.1, 0.15) is 11.1 Å². The Morgan fingerprint density at radius 3 is 2.33 bits per heavy atom. The van der Waals surface area contributed by atoms with Gasteiger partial charge in [0.15, 0.2) is 0 Å². The number of hydrogen-bond donors (Lipinski definition) is 1. The first-order valence-electron chi connectivity index (χ1n) is 8.70. The standard InChI is InChI=1S/C22H18N4O/c27-21-19-13-7-8-14-20(19)25-22(23-15-17-9-3-1-4-10-17)26(21)24-16-18-11-5-2-6-12-18/h1-14,16H,15H2,(H,23,25)/b24-16+. The van der Waals surface area contributed by atoms with E-state index in [0.29, 0.717) is 23.4 Å². The highest BCUT2D eigenvalue weighted by Gasteiger charge is 2.10. The van der Waals surface area contributed by atoms with E-state index in [2.05, 4.69) is 15.4 Å². The Hall–Kier alpha value is -3.73. The second-order valence-electron chi connectivity index (χ2n) is 6.06. The fourth-order valence-electron chi connectivity index (χ4n) is 2.79. The highest BCUT2D eigenvalue weighted by atomic mass is 16.1. The lowest BCUT2D eigenvalue weighted by molar-refractivity contribution is 0.815. The van der Waals surface area contributed by atoms with Crippen LogP contribution in [0.25, 0.3) is 10.9 Å². The summed E-state index contributed by atoms with van der Waals surface area (Å²) in [4.78, 5) is 17.6. The molecule has 0 radical (unpaired) electrons. The van der Waals surface area contributed by atoms with Gasteiger partial charge < -0.3 is 5.32 Å². The van der Waals surface area contributed by atoms with Crippen molar-refractivity contribution in [2.75, 3.05) is 5.32 Å². The summed E-state index contributed by atoms with van der Waals surface area (Å²) in [7, 11) is 0. The van der Waals surface area contributed by atoms with Gasteiger partial charge in [-0.25, -0.2) is 4.98 Å². The number of aromatic nitrogens is 2. The maximum absolute atomic E-state index is 13.0. The van der Waals surface area contributed by atoms with Crippen molar-refractivity contribution in [2.24, 2.45) is 5.10 Å². The Labute approximate surface area is 156 Å². The Morgan fingerprint density at radius 2 is 1.56 bits per heavy atom. The topological polar surface area (TPSA) is 59.3 Å². The van der Waals surface area contributed by atoms with Crippen LogP contribution in [0.4, 0.5) is 5.95 Å². The number of fused-ring (bicyclic) bond motifs is 1. The lowest BCUT2D eigenvalue weighted by Gasteiger charge is -2.11. The van der Waals surface area contributed by atoms with Gasteiger partial charge in [-0.3, -0.25) is 4.79 Å². The van der Waals surface area contributed by atoms with Crippen LogP contribution < -0.4 is 10.9 Å². The van der Waals surface area contributed by atoms with Crippen LogP contribution in [0.15, 0.2) is 94.8 Å². The molecule has 0 bridgehead atoms. The number of para-hydroxylation sites is 1. The van der Waals surface area contributed by atoms with Crippen LogP contribution in [-0.4, -0.2) is 15.9 Å². The van der Waals surface area contributed by atoms with Gasteiger partial charge in [0.25, 0.3) is 5.56 Å². The molecule has 0 spiro atoms. The molecule has 0 aliphatic carbocycles. The maximum Gasteiger partial charge on any atom is 0.283 e. The molecule has 1 heterocycles. The Bertz CT molecular complexity index is 1140. The van der Waals surface area contributed by atoms with E-state index in [1.807, 2.05) is 78.9 Å². The van der Waals surface area contributed by atoms with Gasteiger partial charge in [-0.1, -0.05) is 72.8 Å². The highest BCUT2D eigenvalue weighted by molar-refractivity contribution is 5.81. The van der Waals surface area contributed by atoms with Gasteiger partial charge in [-0.2, -0.15) is 9.78 Å². The normalized spacial score (nSPS) is 11.1. The number of anilines is 1. The summed E-state index contributed by atoms with van der Waals surface area (Å²) >= 11 is 0. The molecule has 0 aliphatic heterocycles. The highest BCUT2D eigenvalue weighted by Crippen LogP contribution is 2.12. The first-order chi connectivity index (χ1) is 13.3. The van der Waals surface area contributed by atoms with Crippen molar-refractivity contribution in [3.05, 3.63) is 106 Å². The van der Waals surface area contributed by atoms with Crippen molar-refractivity contribution in [3.8, 4) is 0 Å². The first-order valence-corrected chi connectivity index (χ1v) is 8.70. The van der Waals surface area contributed by atoms with Crippen LogP contribution in [0.3, 0.4) is 0 Å². The largest absolute Gasteiger partial charge is 0.350 e. The molecule has 5 nitrogen and oxygen atoms in total. The van der Waals surface area contributed by atoms with Crippen LogP contribution >= 0.6 is 0 Å². The zero-order chi connectivity index (χ0) is 18.5. The summed E-state index contributed by atoms with van der Waals surface area (Å²) in [6, 6.07) is 26.9. The average Bonchev–Trinajstić information content (AvgIpc) is 2.73. The fourth-order valence-corrected chi connectivity index (χ4v) is 2.79. The quantitative estimate of drug-likeness (QED) is 0.553.